The molecule has 0 atom stereocenters. The molecule has 0 aliphatic carbocycles. The van der Waals surface area contributed by atoms with Gasteiger partial charge in [-0.3, -0.25) is 4.90 Å². The molecule has 0 unspecified atom stereocenters. The van der Waals surface area contributed by atoms with E-state index in [9.17, 15) is 18.0 Å². The van der Waals surface area contributed by atoms with E-state index in [-0.39, 0.29) is 17.0 Å². The predicted molar refractivity (Wildman–Crippen MR) is 124 cm³/mol. The summed E-state index contributed by atoms with van der Waals surface area (Å²) in [5.74, 6) is 0.128. The van der Waals surface area contributed by atoms with Crippen molar-refractivity contribution in [2.45, 2.75) is 39.1 Å². The standard InChI is InChI=1S/C24H26F3N3O3S/c1-23(2,3)33-22(31)30-12-10-29(11-13-30)15-16-8-9-17(24(25,26)27)14-19(16)32-21-28-18-6-4-5-7-20(18)34-21/h4-9,14H,10-13,15H2,1-3H3. The number of hydrogen-bond donors (Lipinski definition) is 0. The van der Waals surface area contributed by atoms with Crippen LogP contribution in [0, 0.1) is 0 Å². The normalized spacial score (nSPS) is 15.5. The molecule has 2 aromatic carbocycles. The summed E-state index contributed by atoms with van der Waals surface area (Å²) in [6, 6.07) is 11.0. The summed E-state index contributed by atoms with van der Waals surface area (Å²) >= 11 is 1.28. The van der Waals surface area contributed by atoms with Crippen LogP contribution >= 0.6 is 11.3 Å². The minimum absolute atomic E-state index is 0.128. The summed E-state index contributed by atoms with van der Waals surface area (Å²) in [5, 5.41) is 0.288. The van der Waals surface area contributed by atoms with E-state index < -0.39 is 17.3 Å². The van der Waals surface area contributed by atoms with Crippen molar-refractivity contribution in [3.8, 4) is 10.9 Å². The van der Waals surface area contributed by atoms with E-state index in [1.165, 1.54) is 17.4 Å². The lowest BCUT2D eigenvalue weighted by molar-refractivity contribution is -0.137. The van der Waals surface area contributed by atoms with Crippen LogP contribution < -0.4 is 4.74 Å². The zero-order chi connectivity index (χ0) is 24.5. The zero-order valence-electron chi connectivity index (χ0n) is 19.2. The SMILES string of the molecule is CC(C)(C)OC(=O)N1CCN(Cc2ccc(C(F)(F)F)cc2Oc2nc3ccccc3s2)CC1. The highest BCUT2D eigenvalue weighted by Crippen LogP contribution is 2.37. The number of thiazole rings is 1. The lowest BCUT2D eigenvalue weighted by Gasteiger charge is -2.35. The molecule has 10 heteroatoms. The number of ether oxygens (including phenoxy) is 2. The number of carbonyl (C=O) groups is 1. The number of amides is 1. The minimum Gasteiger partial charge on any atom is -0.444 e. The van der Waals surface area contributed by atoms with Crippen LogP contribution in [0.1, 0.15) is 31.9 Å². The van der Waals surface area contributed by atoms with Crippen molar-refractivity contribution < 1.29 is 27.4 Å². The van der Waals surface area contributed by atoms with Gasteiger partial charge in [-0.05, 0) is 45.0 Å². The van der Waals surface area contributed by atoms with Gasteiger partial charge < -0.3 is 14.4 Å². The van der Waals surface area contributed by atoms with E-state index in [0.29, 0.717) is 38.3 Å². The monoisotopic (exact) mass is 493 g/mol. The fraction of sp³-hybridized carbons (Fsp3) is 0.417. The van der Waals surface area contributed by atoms with Crippen LogP contribution in [-0.2, 0) is 17.5 Å². The molecule has 1 aliphatic heterocycles. The van der Waals surface area contributed by atoms with Crippen molar-refractivity contribution in [1.29, 1.82) is 0 Å². The van der Waals surface area contributed by atoms with Gasteiger partial charge in [0.25, 0.3) is 5.19 Å². The second-order valence-electron chi connectivity index (χ2n) is 9.11. The Hall–Kier alpha value is -2.85. The molecule has 0 bridgehead atoms. The highest BCUT2D eigenvalue weighted by Gasteiger charge is 2.32. The Morgan fingerprint density at radius 1 is 1.06 bits per heavy atom. The zero-order valence-corrected chi connectivity index (χ0v) is 20.0. The molecule has 1 fully saturated rings. The number of halogens is 3. The Bertz CT molecular complexity index is 1130. The van der Waals surface area contributed by atoms with Crippen LogP contribution in [0.25, 0.3) is 10.2 Å². The molecule has 2 heterocycles. The average molecular weight is 494 g/mol. The Labute approximate surface area is 199 Å². The van der Waals surface area contributed by atoms with Gasteiger partial charge in [-0.2, -0.15) is 13.2 Å². The van der Waals surface area contributed by atoms with Gasteiger partial charge in [0.2, 0.25) is 0 Å². The molecule has 1 aromatic heterocycles. The number of alkyl halides is 3. The average Bonchev–Trinajstić information content (AvgIpc) is 3.16. The highest BCUT2D eigenvalue weighted by atomic mass is 32.1. The summed E-state index contributed by atoms with van der Waals surface area (Å²) in [6.45, 7) is 7.94. The maximum atomic E-state index is 13.4. The Balaban J connectivity index is 1.49. The van der Waals surface area contributed by atoms with E-state index in [1.54, 1.807) is 4.90 Å². The molecule has 0 radical (unpaired) electrons. The van der Waals surface area contributed by atoms with Crippen molar-refractivity contribution in [1.82, 2.24) is 14.8 Å². The Morgan fingerprint density at radius 2 is 1.76 bits per heavy atom. The predicted octanol–water partition coefficient (Wildman–Crippen LogP) is 6.16. The molecule has 0 saturated carbocycles. The quantitative estimate of drug-likeness (QED) is 0.436. The van der Waals surface area contributed by atoms with Gasteiger partial charge in [0, 0.05) is 38.3 Å². The largest absolute Gasteiger partial charge is 0.444 e. The van der Waals surface area contributed by atoms with Gasteiger partial charge in [-0.25, -0.2) is 9.78 Å². The number of fused-ring (bicyclic) bond motifs is 1. The first-order chi connectivity index (χ1) is 16.0. The van der Waals surface area contributed by atoms with E-state index in [0.717, 1.165) is 22.3 Å². The summed E-state index contributed by atoms with van der Waals surface area (Å²) in [5.41, 5.74) is 0.00998. The van der Waals surface area contributed by atoms with Crippen molar-refractivity contribution in [3.05, 3.63) is 53.6 Å². The summed E-state index contributed by atoms with van der Waals surface area (Å²) < 4.78 is 52.3. The van der Waals surface area contributed by atoms with Crippen molar-refractivity contribution >= 4 is 27.6 Å². The third kappa shape index (κ3) is 5.98. The minimum atomic E-state index is -4.48. The third-order valence-electron chi connectivity index (χ3n) is 5.28. The molecule has 1 aliphatic rings. The molecular weight excluding hydrogens is 467 g/mol. The Kier molecular flexibility index (Phi) is 6.73. The van der Waals surface area contributed by atoms with Crippen LogP contribution in [0.15, 0.2) is 42.5 Å². The summed E-state index contributed by atoms with van der Waals surface area (Å²) in [6.07, 6.45) is -4.84. The lowest BCUT2D eigenvalue weighted by Crippen LogP contribution is -2.49. The molecule has 0 spiro atoms. The van der Waals surface area contributed by atoms with Crippen LogP contribution in [-0.4, -0.2) is 52.7 Å². The molecule has 1 saturated heterocycles. The van der Waals surface area contributed by atoms with Gasteiger partial charge in [-0.15, -0.1) is 0 Å². The number of piperazine rings is 1. The molecule has 0 N–H and O–H groups in total. The maximum Gasteiger partial charge on any atom is 0.416 e. The fourth-order valence-corrected chi connectivity index (χ4v) is 4.43. The van der Waals surface area contributed by atoms with Gasteiger partial charge in [0.15, 0.2) is 0 Å². The van der Waals surface area contributed by atoms with Gasteiger partial charge in [0.05, 0.1) is 15.8 Å². The Morgan fingerprint density at radius 3 is 2.41 bits per heavy atom. The van der Waals surface area contributed by atoms with Crippen molar-refractivity contribution in [2.24, 2.45) is 0 Å². The lowest BCUT2D eigenvalue weighted by atomic mass is 10.1. The van der Waals surface area contributed by atoms with Crippen LogP contribution in [0.3, 0.4) is 0 Å². The first-order valence-electron chi connectivity index (χ1n) is 10.9. The first-order valence-corrected chi connectivity index (χ1v) is 11.7. The smallest absolute Gasteiger partial charge is 0.416 e. The third-order valence-corrected chi connectivity index (χ3v) is 6.20. The fourth-order valence-electron chi connectivity index (χ4n) is 3.60. The number of nitrogens with zero attached hydrogens (tertiary/aromatic N) is 3. The van der Waals surface area contributed by atoms with E-state index in [4.69, 9.17) is 9.47 Å². The van der Waals surface area contributed by atoms with Crippen LogP contribution in [0.2, 0.25) is 0 Å². The number of carbonyl (C=O) groups excluding carboxylic acids is 1. The molecule has 182 valence electrons. The number of para-hydroxylation sites is 1. The molecular formula is C24H26F3N3O3S. The summed E-state index contributed by atoms with van der Waals surface area (Å²) in [4.78, 5) is 20.4. The topological polar surface area (TPSA) is 54.9 Å². The number of aromatic nitrogens is 1. The van der Waals surface area contributed by atoms with Gasteiger partial charge in [0.1, 0.15) is 11.4 Å². The van der Waals surface area contributed by atoms with E-state index in [1.807, 2.05) is 45.0 Å². The summed E-state index contributed by atoms with van der Waals surface area (Å²) in [7, 11) is 0. The van der Waals surface area contributed by atoms with Gasteiger partial charge >= 0.3 is 12.3 Å². The first kappa shape index (κ1) is 24.3. The van der Waals surface area contributed by atoms with E-state index in [2.05, 4.69) is 9.88 Å². The van der Waals surface area contributed by atoms with Gasteiger partial charge in [-0.1, -0.05) is 29.5 Å². The number of hydrogen-bond acceptors (Lipinski definition) is 6. The maximum absolute atomic E-state index is 13.4. The van der Waals surface area contributed by atoms with Crippen molar-refractivity contribution in [3.63, 3.8) is 0 Å². The molecule has 6 nitrogen and oxygen atoms in total. The van der Waals surface area contributed by atoms with Crippen molar-refractivity contribution in [2.75, 3.05) is 26.2 Å². The molecule has 3 aromatic rings. The molecule has 4 rings (SSSR count). The number of benzene rings is 2. The van der Waals surface area contributed by atoms with Crippen LogP contribution in [0.5, 0.6) is 10.9 Å². The highest BCUT2D eigenvalue weighted by molar-refractivity contribution is 7.20. The number of rotatable bonds is 4. The second kappa shape index (κ2) is 9.42. The van der Waals surface area contributed by atoms with Crippen LogP contribution in [0.4, 0.5) is 18.0 Å². The van der Waals surface area contributed by atoms with E-state index >= 15 is 0 Å². The second-order valence-corrected chi connectivity index (χ2v) is 10.1. The molecule has 34 heavy (non-hydrogen) atoms. The molecule has 1 amide bonds.